The van der Waals surface area contributed by atoms with Crippen molar-refractivity contribution >= 4 is 0 Å². The highest BCUT2D eigenvalue weighted by molar-refractivity contribution is 4.96. The summed E-state index contributed by atoms with van der Waals surface area (Å²) in [7, 11) is 0. The first kappa shape index (κ1) is 14.7. The molecular formula is C14H28N2O. The number of β-amino-alcohol motifs (C(OH)–C–C–N with tert-alkyl or cyclic N) is 1. The van der Waals surface area contributed by atoms with Crippen LogP contribution in [-0.2, 0) is 0 Å². The van der Waals surface area contributed by atoms with Crippen LogP contribution >= 0.6 is 0 Å². The van der Waals surface area contributed by atoms with Gasteiger partial charge in [-0.15, -0.1) is 0 Å². The standard InChI is InChI=1S/C14H28N2O/c1-5-14-11-15(7-6-12(2)3)8-9-16(14)10-13(4)17/h6,13-14,17H,5,7-11H2,1-4H3/t13-,14+/m1/s1. The summed E-state index contributed by atoms with van der Waals surface area (Å²) < 4.78 is 0. The number of rotatable bonds is 5. The second kappa shape index (κ2) is 7.14. The number of aliphatic hydroxyl groups is 1. The monoisotopic (exact) mass is 240 g/mol. The first-order valence-corrected chi connectivity index (χ1v) is 6.80. The summed E-state index contributed by atoms with van der Waals surface area (Å²) in [6.07, 6.45) is 3.25. The van der Waals surface area contributed by atoms with E-state index in [-0.39, 0.29) is 6.10 Å². The summed E-state index contributed by atoms with van der Waals surface area (Å²) in [5, 5.41) is 9.50. The van der Waals surface area contributed by atoms with Gasteiger partial charge >= 0.3 is 0 Å². The molecule has 0 bridgehead atoms. The third kappa shape index (κ3) is 5.19. The molecule has 0 unspecified atom stereocenters. The normalized spacial score (nSPS) is 24.6. The van der Waals surface area contributed by atoms with Crippen molar-refractivity contribution in [3.8, 4) is 0 Å². The zero-order valence-corrected chi connectivity index (χ0v) is 11.8. The molecule has 1 heterocycles. The lowest BCUT2D eigenvalue weighted by molar-refractivity contribution is 0.0408. The molecule has 0 amide bonds. The molecule has 3 nitrogen and oxygen atoms in total. The summed E-state index contributed by atoms with van der Waals surface area (Å²) in [5.41, 5.74) is 1.39. The Morgan fingerprint density at radius 1 is 1.41 bits per heavy atom. The minimum absolute atomic E-state index is 0.214. The van der Waals surface area contributed by atoms with Crippen molar-refractivity contribution in [3.63, 3.8) is 0 Å². The van der Waals surface area contributed by atoms with Gasteiger partial charge in [0.1, 0.15) is 0 Å². The van der Waals surface area contributed by atoms with Crippen LogP contribution in [0.25, 0.3) is 0 Å². The van der Waals surface area contributed by atoms with Gasteiger partial charge in [-0.1, -0.05) is 18.6 Å². The Labute approximate surface area is 106 Å². The zero-order valence-electron chi connectivity index (χ0n) is 11.8. The van der Waals surface area contributed by atoms with Crippen LogP contribution in [0.1, 0.15) is 34.1 Å². The highest BCUT2D eigenvalue weighted by atomic mass is 16.3. The number of hydrogen-bond donors (Lipinski definition) is 1. The molecule has 1 fully saturated rings. The lowest BCUT2D eigenvalue weighted by atomic mass is 10.1. The van der Waals surface area contributed by atoms with Gasteiger partial charge in [-0.25, -0.2) is 0 Å². The molecule has 17 heavy (non-hydrogen) atoms. The molecule has 1 aliphatic rings. The van der Waals surface area contributed by atoms with Crippen LogP contribution in [0.2, 0.25) is 0 Å². The van der Waals surface area contributed by atoms with Crippen LogP contribution in [0.4, 0.5) is 0 Å². The van der Waals surface area contributed by atoms with Crippen LogP contribution in [-0.4, -0.2) is 59.8 Å². The van der Waals surface area contributed by atoms with E-state index in [1.807, 2.05) is 6.92 Å². The molecule has 0 spiro atoms. The zero-order chi connectivity index (χ0) is 12.8. The summed E-state index contributed by atoms with van der Waals surface area (Å²) in [4.78, 5) is 4.95. The van der Waals surface area contributed by atoms with E-state index in [2.05, 4.69) is 36.6 Å². The molecule has 1 aliphatic heterocycles. The van der Waals surface area contributed by atoms with E-state index in [4.69, 9.17) is 0 Å². The maximum atomic E-state index is 9.50. The number of aliphatic hydroxyl groups excluding tert-OH is 1. The van der Waals surface area contributed by atoms with Crippen molar-refractivity contribution in [1.29, 1.82) is 0 Å². The van der Waals surface area contributed by atoms with Gasteiger partial charge in [-0.3, -0.25) is 9.80 Å². The predicted octanol–water partition coefficient (Wildman–Crippen LogP) is 1.73. The number of nitrogens with zero attached hydrogens (tertiary/aromatic N) is 2. The van der Waals surface area contributed by atoms with Gasteiger partial charge in [0, 0.05) is 38.8 Å². The van der Waals surface area contributed by atoms with E-state index >= 15 is 0 Å². The first-order chi connectivity index (χ1) is 8.02. The van der Waals surface area contributed by atoms with Crippen LogP contribution in [0.5, 0.6) is 0 Å². The highest BCUT2D eigenvalue weighted by Gasteiger charge is 2.25. The minimum atomic E-state index is -0.214. The van der Waals surface area contributed by atoms with Crippen molar-refractivity contribution in [3.05, 3.63) is 11.6 Å². The van der Waals surface area contributed by atoms with Gasteiger partial charge in [-0.2, -0.15) is 0 Å². The predicted molar refractivity (Wildman–Crippen MR) is 73.2 cm³/mol. The summed E-state index contributed by atoms with van der Waals surface area (Å²) in [6.45, 7) is 13.6. The van der Waals surface area contributed by atoms with Crippen molar-refractivity contribution in [2.75, 3.05) is 32.7 Å². The molecular weight excluding hydrogens is 212 g/mol. The third-order valence-electron chi connectivity index (χ3n) is 3.42. The van der Waals surface area contributed by atoms with Crippen LogP contribution in [0.3, 0.4) is 0 Å². The Morgan fingerprint density at radius 3 is 2.65 bits per heavy atom. The van der Waals surface area contributed by atoms with Crippen LogP contribution < -0.4 is 0 Å². The Balaban J connectivity index is 2.45. The molecule has 0 aliphatic carbocycles. The maximum Gasteiger partial charge on any atom is 0.0639 e. The van der Waals surface area contributed by atoms with Gasteiger partial charge in [0.15, 0.2) is 0 Å². The summed E-state index contributed by atoms with van der Waals surface area (Å²) in [6, 6.07) is 0.601. The van der Waals surface area contributed by atoms with Crippen LogP contribution in [0.15, 0.2) is 11.6 Å². The molecule has 0 aromatic carbocycles. The molecule has 100 valence electrons. The van der Waals surface area contributed by atoms with Crippen molar-refractivity contribution in [1.82, 2.24) is 9.80 Å². The number of allylic oxidation sites excluding steroid dienone is 1. The average molecular weight is 240 g/mol. The third-order valence-corrected chi connectivity index (χ3v) is 3.42. The molecule has 3 heteroatoms. The number of piperazine rings is 1. The molecule has 2 atom stereocenters. The Hall–Kier alpha value is -0.380. The van der Waals surface area contributed by atoms with Gasteiger partial charge in [-0.05, 0) is 27.2 Å². The van der Waals surface area contributed by atoms with Gasteiger partial charge in [0.2, 0.25) is 0 Å². The lowest BCUT2D eigenvalue weighted by Gasteiger charge is -2.41. The Kier molecular flexibility index (Phi) is 6.17. The lowest BCUT2D eigenvalue weighted by Crippen LogP contribution is -2.54. The van der Waals surface area contributed by atoms with Gasteiger partial charge in [0.05, 0.1) is 6.10 Å². The van der Waals surface area contributed by atoms with Gasteiger partial charge < -0.3 is 5.11 Å². The van der Waals surface area contributed by atoms with E-state index in [9.17, 15) is 5.11 Å². The fourth-order valence-corrected chi connectivity index (χ4v) is 2.40. The highest BCUT2D eigenvalue weighted by Crippen LogP contribution is 2.13. The molecule has 0 aromatic rings. The SMILES string of the molecule is CC[C@H]1CN(CC=C(C)C)CCN1C[C@@H](C)O. The van der Waals surface area contributed by atoms with E-state index in [1.165, 1.54) is 5.57 Å². The molecule has 1 N–H and O–H groups in total. The fraction of sp³-hybridized carbons (Fsp3) is 0.857. The molecule has 0 radical (unpaired) electrons. The second-order valence-electron chi connectivity index (χ2n) is 5.45. The minimum Gasteiger partial charge on any atom is -0.392 e. The van der Waals surface area contributed by atoms with Crippen molar-refractivity contribution in [2.24, 2.45) is 0 Å². The maximum absolute atomic E-state index is 9.50. The smallest absolute Gasteiger partial charge is 0.0639 e. The Bertz CT molecular complexity index is 247. The van der Waals surface area contributed by atoms with E-state index < -0.39 is 0 Å². The quantitative estimate of drug-likeness (QED) is 0.741. The van der Waals surface area contributed by atoms with E-state index in [0.29, 0.717) is 6.04 Å². The fourth-order valence-electron chi connectivity index (χ4n) is 2.40. The van der Waals surface area contributed by atoms with Crippen LogP contribution in [0, 0.1) is 0 Å². The largest absolute Gasteiger partial charge is 0.392 e. The molecule has 1 rings (SSSR count). The molecule has 0 saturated carbocycles. The second-order valence-corrected chi connectivity index (χ2v) is 5.45. The first-order valence-electron chi connectivity index (χ1n) is 6.80. The van der Waals surface area contributed by atoms with Crippen molar-refractivity contribution in [2.45, 2.75) is 46.3 Å². The summed E-state index contributed by atoms with van der Waals surface area (Å²) in [5.74, 6) is 0. The topological polar surface area (TPSA) is 26.7 Å². The average Bonchev–Trinajstić information content (AvgIpc) is 2.26. The van der Waals surface area contributed by atoms with E-state index in [0.717, 1.165) is 39.1 Å². The summed E-state index contributed by atoms with van der Waals surface area (Å²) >= 11 is 0. The van der Waals surface area contributed by atoms with Gasteiger partial charge in [0.25, 0.3) is 0 Å². The molecule has 1 saturated heterocycles. The van der Waals surface area contributed by atoms with Crippen molar-refractivity contribution < 1.29 is 5.11 Å². The van der Waals surface area contributed by atoms with E-state index in [1.54, 1.807) is 0 Å². The number of hydrogen-bond acceptors (Lipinski definition) is 3. The molecule has 0 aromatic heterocycles. The Morgan fingerprint density at radius 2 is 2.12 bits per heavy atom.